The summed E-state index contributed by atoms with van der Waals surface area (Å²) >= 11 is 7.66. The van der Waals surface area contributed by atoms with Gasteiger partial charge in [0, 0.05) is 23.3 Å². The number of rotatable bonds is 7. The van der Waals surface area contributed by atoms with Crippen LogP contribution in [-0.4, -0.2) is 27.3 Å². The highest BCUT2D eigenvalue weighted by molar-refractivity contribution is 7.99. The number of imidazole rings is 1. The lowest BCUT2D eigenvalue weighted by Crippen LogP contribution is -2.37. The van der Waals surface area contributed by atoms with E-state index in [0.29, 0.717) is 5.75 Å². The topological polar surface area (TPSA) is 38.1 Å². The van der Waals surface area contributed by atoms with Gasteiger partial charge in [-0.25, -0.2) is 4.98 Å². The van der Waals surface area contributed by atoms with Crippen LogP contribution >= 0.6 is 23.4 Å². The number of benzene rings is 2. The number of hydrogen-bond acceptors (Lipinski definition) is 3. The van der Waals surface area contributed by atoms with Gasteiger partial charge in [-0.2, -0.15) is 0 Å². The molecule has 2 aliphatic rings. The molecule has 34 heavy (non-hydrogen) atoms. The second kappa shape index (κ2) is 10.4. The number of carbonyl (C=O) groups excluding carboxylic acids is 1. The van der Waals surface area contributed by atoms with Crippen LogP contribution in [0.4, 0.5) is 5.69 Å². The molecule has 1 amide bonds. The van der Waals surface area contributed by atoms with Gasteiger partial charge in [0.25, 0.3) is 0 Å². The van der Waals surface area contributed by atoms with E-state index in [4.69, 9.17) is 16.6 Å². The number of halogens is 1. The lowest BCUT2D eigenvalue weighted by atomic mass is 9.97. The van der Waals surface area contributed by atoms with Crippen molar-refractivity contribution < 1.29 is 4.79 Å². The van der Waals surface area contributed by atoms with Crippen LogP contribution in [0.15, 0.2) is 71.5 Å². The van der Waals surface area contributed by atoms with Gasteiger partial charge in [0.1, 0.15) is 0 Å². The molecule has 0 bridgehead atoms. The Kier molecular flexibility index (Phi) is 7.12. The molecular formula is C28H30ClN3OS. The van der Waals surface area contributed by atoms with Crippen LogP contribution in [0.2, 0.25) is 5.02 Å². The first-order valence-corrected chi connectivity index (χ1v) is 13.5. The maximum absolute atomic E-state index is 13.3. The molecule has 0 radical (unpaired) electrons. The van der Waals surface area contributed by atoms with Gasteiger partial charge in [0.15, 0.2) is 5.16 Å². The van der Waals surface area contributed by atoms with Crippen LogP contribution < -0.4 is 4.90 Å². The molecule has 2 heterocycles. The van der Waals surface area contributed by atoms with Crippen molar-refractivity contribution in [3.63, 3.8) is 0 Å². The maximum Gasteiger partial charge on any atom is 0.237 e. The summed E-state index contributed by atoms with van der Waals surface area (Å²) < 4.78 is 2.28. The van der Waals surface area contributed by atoms with E-state index in [1.54, 1.807) is 0 Å². The van der Waals surface area contributed by atoms with Crippen molar-refractivity contribution in [3.8, 4) is 11.3 Å². The van der Waals surface area contributed by atoms with Crippen molar-refractivity contribution in [2.75, 3.05) is 10.7 Å². The number of amides is 1. The Hall–Kier alpha value is -2.50. The van der Waals surface area contributed by atoms with Crippen molar-refractivity contribution in [2.45, 2.75) is 63.2 Å². The Labute approximate surface area is 211 Å². The highest BCUT2D eigenvalue weighted by atomic mass is 35.5. The summed E-state index contributed by atoms with van der Waals surface area (Å²) in [5.74, 6) is 0.512. The number of para-hydroxylation sites is 1. The first-order chi connectivity index (χ1) is 16.6. The van der Waals surface area contributed by atoms with Crippen molar-refractivity contribution in [1.82, 2.24) is 9.55 Å². The van der Waals surface area contributed by atoms with Gasteiger partial charge in [-0.3, -0.25) is 4.79 Å². The summed E-state index contributed by atoms with van der Waals surface area (Å²) in [5.41, 5.74) is 6.00. The minimum Gasteiger partial charge on any atom is -0.319 e. The number of fused-ring (bicyclic) bond motifs is 1. The Balaban J connectivity index is 1.35. The van der Waals surface area contributed by atoms with Crippen LogP contribution in [0.25, 0.3) is 11.3 Å². The molecule has 0 saturated heterocycles. The fourth-order valence-electron chi connectivity index (χ4n) is 5.07. The number of anilines is 1. The van der Waals surface area contributed by atoms with E-state index >= 15 is 0 Å². The van der Waals surface area contributed by atoms with Crippen LogP contribution in [0.5, 0.6) is 0 Å². The van der Waals surface area contributed by atoms with Gasteiger partial charge in [-0.1, -0.05) is 65.3 Å². The molecule has 0 fully saturated rings. The number of nitrogens with zero attached hydrogens (tertiary/aromatic N) is 3. The molecule has 0 spiro atoms. The minimum absolute atomic E-state index is 0.139. The first-order valence-electron chi connectivity index (χ1n) is 12.1. The van der Waals surface area contributed by atoms with Crippen LogP contribution in [-0.2, 0) is 17.8 Å². The Morgan fingerprint density at radius 2 is 1.97 bits per heavy atom. The largest absolute Gasteiger partial charge is 0.319 e. The minimum atomic E-state index is 0.139. The molecule has 1 aliphatic heterocycles. The average molecular weight is 492 g/mol. The molecule has 5 rings (SSSR count). The van der Waals surface area contributed by atoms with E-state index in [-0.39, 0.29) is 11.9 Å². The van der Waals surface area contributed by atoms with Gasteiger partial charge >= 0.3 is 0 Å². The van der Waals surface area contributed by atoms with Crippen LogP contribution in [0.3, 0.4) is 0 Å². The number of carbonyl (C=O) groups is 1. The zero-order valence-electron chi connectivity index (χ0n) is 19.5. The Morgan fingerprint density at radius 1 is 1.15 bits per heavy atom. The van der Waals surface area contributed by atoms with E-state index in [1.807, 2.05) is 47.5 Å². The van der Waals surface area contributed by atoms with E-state index in [0.717, 1.165) is 46.5 Å². The number of hydrogen-bond donors (Lipinski definition) is 0. The Morgan fingerprint density at radius 3 is 2.76 bits per heavy atom. The third-order valence-electron chi connectivity index (χ3n) is 6.80. The first kappa shape index (κ1) is 23.3. The van der Waals surface area contributed by atoms with Crippen molar-refractivity contribution in [1.29, 1.82) is 0 Å². The lowest BCUT2D eigenvalue weighted by Gasteiger charge is -2.22. The molecule has 0 saturated carbocycles. The van der Waals surface area contributed by atoms with Gasteiger partial charge < -0.3 is 9.47 Å². The maximum atomic E-state index is 13.3. The molecule has 1 aliphatic carbocycles. The molecule has 1 aromatic heterocycles. The summed E-state index contributed by atoms with van der Waals surface area (Å²) in [6.45, 7) is 2.99. The predicted molar refractivity (Wildman–Crippen MR) is 142 cm³/mol. The average Bonchev–Trinajstić information content (AvgIpc) is 3.42. The zero-order valence-corrected chi connectivity index (χ0v) is 21.1. The normalized spacial score (nSPS) is 17.5. The molecule has 0 N–H and O–H groups in total. The summed E-state index contributed by atoms with van der Waals surface area (Å²) in [6, 6.07) is 16.3. The van der Waals surface area contributed by atoms with Crippen molar-refractivity contribution in [2.24, 2.45) is 0 Å². The van der Waals surface area contributed by atoms with Crippen molar-refractivity contribution in [3.05, 3.63) is 77.0 Å². The molecule has 6 heteroatoms. The predicted octanol–water partition coefficient (Wildman–Crippen LogP) is 7.16. The van der Waals surface area contributed by atoms with Gasteiger partial charge in [0.2, 0.25) is 5.91 Å². The molecule has 176 valence electrons. The summed E-state index contributed by atoms with van der Waals surface area (Å²) in [5, 5.41) is 1.62. The Bertz CT molecular complexity index is 1200. The van der Waals surface area contributed by atoms with Crippen LogP contribution in [0, 0.1) is 0 Å². The SMILES string of the molecule is CC1Cc2ccccc2N1C(=O)CSc1ncc(-c2ccc(Cl)cc2)n1CCC1=CCCCC1. The van der Waals surface area contributed by atoms with Crippen LogP contribution in [0.1, 0.15) is 44.6 Å². The van der Waals surface area contributed by atoms with Crippen molar-refractivity contribution >= 4 is 35.0 Å². The molecule has 1 unspecified atom stereocenters. The number of aromatic nitrogens is 2. The summed E-state index contributed by atoms with van der Waals surface area (Å²) in [4.78, 5) is 20.0. The van der Waals surface area contributed by atoms with E-state index < -0.39 is 0 Å². The smallest absolute Gasteiger partial charge is 0.237 e. The fourth-order valence-corrected chi connectivity index (χ4v) is 6.06. The summed E-state index contributed by atoms with van der Waals surface area (Å²) in [6.07, 6.45) is 11.2. The second-order valence-corrected chi connectivity index (χ2v) is 10.6. The highest BCUT2D eigenvalue weighted by Gasteiger charge is 2.30. The summed E-state index contributed by atoms with van der Waals surface area (Å²) in [7, 11) is 0. The van der Waals surface area contributed by atoms with E-state index in [1.165, 1.54) is 48.6 Å². The molecule has 3 aromatic rings. The quantitative estimate of drug-likeness (QED) is 0.260. The number of allylic oxidation sites excluding steroid dienone is 2. The third kappa shape index (κ3) is 4.96. The monoisotopic (exact) mass is 491 g/mol. The van der Waals surface area contributed by atoms with E-state index in [9.17, 15) is 4.79 Å². The number of thioether (sulfide) groups is 1. The van der Waals surface area contributed by atoms with Gasteiger partial charge in [0.05, 0.1) is 17.6 Å². The second-order valence-electron chi connectivity index (χ2n) is 9.18. The van der Waals surface area contributed by atoms with E-state index in [2.05, 4.69) is 29.7 Å². The van der Waals surface area contributed by atoms with Gasteiger partial charge in [-0.05, 0) is 74.8 Å². The zero-order chi connectivity index (χ0) is 23.5. The molecule has 1 atom stereocenters. The lowest BCUT2D eigenvalue weighted by molar-refractivity contribution is -0.116. The standard InChI is InChI=1S/C28H30ClN3OS/c1-20-17-23-9-5-6-10-25(23)32(20)27(33)19-34-28-30-18-26(22-11-13-24(29)14-12-22)31(28)16-15-21-7-3-2-4-8-21/h5-7,9-14,18,20H,2-4,8,15-17,19H2,1H3. The molecule has 2 aromatic carbocycles. The fraction of sp³-hybridized carbons (Fsp3) is 0.357. The van der Waals surface area contributed by atoms with Gasteiger partial charge in [-0.15, -0.1) is 0 Å². The third-order valence-corrected chi connectivity index (χ3v) is 8.03. The highest BCUT2D eigenvalue weighted by Crippen LogP contribution is 2.34. The molecular weight excluding hydrogens is 462 g/mol. The molecule has 4 nitrogen and oxygen atoms in total.